The monoisotopic (exact) mass is 532 g/mol. The molecule has 3 rings (SSSR count). The Hall–Kier alpha value is -2.98. The number of hydrogen-bond donors (Lipinski definition) is 3. The number of sulfonamides is 2. The highest BCUT2D eigenvalue weighted by atomic mass is 32.2. The number of hydrogen-bond acceptors (Lipinski definition) is 7. The molecule has 1 heterocycles. The van der Waals surface area contributed by atoms with Crippen LogP contribution >= 0.6 is 0 Å². The Balaban J connectivity index is 1.52. The third kappa shape index (κ3) is 6.58. The average Bonchev–Trinajstić information content (AvgIpc) is 3.28. The topological polar surface area (TPSA) is 165 Å². The molecule has 0 bridgehead atoms. The van der Waals surface area contributed by atoms with Gasteiger partial charge in [-0.05, 0) is 42.3 Å². The van der Waals surface area contributed by atoms with Gasteiger partial charge in [0, 0.05) is 13.1 Å². The number of nitrogens with two attached hydrogens (primary N) is 1. The van der Waals surface area contributed by atoms with Crippen LogP contribution in [0.15, 0.2) is 52.3 Å². The number of carbonyl (C=O) groups is 2. The minimum atomic E-state index is -4.47. The standard InChI is InChI=1S/C20H22F2N4O7S2/c21-14-3-6-16(22)17(11-14)35(31,32)26-9-10-33-18(26)12-25-20(28)19(27)24-8-7-13-1-4-15(5-2-13)34(23,29)30/h1-6,11,18H,7-10,12H2,(H,24,27)(H,25,28)(H2,23,29,30)/t18-/m1/s1. The molecule has 2 amide bonds. The molecule has 0 saturated carbocycles. The summed E-state index contributed by atoms with van der Waals surface area (Å²) in [5.41, 5.74) is 0.683. The van der Waals surface area contributed by atoms with Crippen molar-refractivity contribution in [2.75, 3.05) is 26.2 Å². The Kier molecular flexibility index (Phi) is 8.17. The summed E-state index contributed by atoms with van der Waals surface area (Å²) in [5.74, 6) is -4.12. The molecule has 2 aromatic carbocycles. The van der Waals surface area contributed by atoms with Crippen molar-refractivity contribution in [1.29, 1.82) is 0 Å². The average molecular weight is 533 g/mol. The molecule has 190 valence electrons. The van der Waals surface area contributed by atoms with Crippen molar-refractivity contribution in [1.82, 2.24) is 14.9 Å². The molecule has 15 heteroatoms. The van der Waals surface area contributed by atoms with Crippen molar-refractivity contribution in [3.63, 3.8) is 0 Å². The van der Waals surface area contributed by atoms with Gasteiger partial charge in [-0.1, -0.05) is 12.1 Å². The second-order valence-electron chi connectivity index (χ2n) is 7.42. The van der Waals surface area contributed by atoms with Gasteiger partial charge in [-0.15, -0.1) is 0 Å². The van der Waals surface area contributed by atoms with Crippen molar-refractivity contribution < 1.29 is 39.9 Å². The summed E-state index contributed by atoms with van der Waals surface area (Å²) in [6, 6.07) is 7.68. The van der Waals surface area contributed by atoms with Crippen molar-refractivity contribution in [2.24, 2.45) is 5.14 Å². The van der Waals surface area contributed by atoms with Gasteiger partial charge >= 0.3 is 11.8 Å². The third-order valence-corrected chi connectivity index (χ3v) is 7.85. The molecule has 1 aliphatic rings. The number of primary sulfonamides is 1. The van der Waals surface area contributed by atoms with Gasteiger partial charge in [0.1, 0.15) is 22.8 Å². The van der Waals surface area contributed by atoms with Crippen molar-refractivity contribution in [2.45, 2.75) is 22.4 Å². The van der Waals surface area contributed by atoms with Crippen LogP contribution in [-0.2, 0) is 40.8 Å². The summed E-state index contributed by atoms with van der Waals surface area (Å²) in [7, 11) is -8.29. The van der Waals surface area contributed by atoms with Gasteiger partial charge in [0.05, 0.1) is 18.0 Å². The molecule has 4 N–H and O–H groups in total. The fraction of sp³-hybridized carbons (Fsp3) is 0.300. The number of nitrogens with zero attached hydrogens (tertiary/aromatic N) is 1. The molecule has 1 aliphatic heterocycles. The number of ether oxygens (including phenoxy) is 1. The Morgan fingerprint density at radius 3 is 2.34 bits per heavy atom. The first kappa shape index (κ1) is 26.6. The van der Waals surface area contributed by atoms with E-state index in [9.17, 15) is 35.2 Å². The highest BCUT2D eigenvalue weighted by molar-refractivity contribution is 7.89. The van der Waals surface area contributed by atoms with Crippen LogP contribution in [0.25, 0.3) is 0 Å². The van der Waals surface area contributed by atoms with E-state index in [1.807, 2.05) is 0 Å². The molecular weight excluding hydrogens is 510 g/mol. The molecule has 11 nitrogen and oxygen atoms in total. The van der Waals surface area contributed by atoms with E-state index < -0.39 is 61.2 Å². The number of carbonyl (C=O) groups excluding carboxylic acids is 2. The lowest BCUT2D eigenvalue weighted by Gasteiger charge is -2.23. The summed E-state index contributed by atoms with van der Waals surface area (Å²) in [6.45, 7) is -0.555. The highest BCUT2D eigenvalue weighted by Gasteiger charge is 2.38. The maximum atomic E-state index is 14.0. The number of halogens is 2. The minimum Gasteiger partial charge on any atom is -0.359 e. The summed E-state index contributed by atoms with van der Waals surface area (Å²) in [6.07, 6.45) is -0.933. The number of amides is 2. The Morgan fingerprint density at radius 1 is 1.03 bits per heavy atom. The minimum absolute atomic E-state index is 0.0485. The largest absolute Gasteiger partial charge is 0.359 e. The van der Waals surface area contributed by atoms with Crippen LogP contribution in [0.4, 0.5) is 8.78 Å². The zero-order valence-electron chi connectivity index (χ0n) is 18.1. The molecule has 0 aromatic heterocycles. The molecule has 2 aromatic rings. The van der Waals surface area contributed by atoms with Gasteiger partial charge in [-0.3, -0.25) is 9.59 Å². The van der Waals surface area contributed by atoms with E-state index >= 15 is 0 Å². The van der Waals surface area contributed by atoms with Crippen LogP contribution in [0, 0.1) is 11.6 Å². The molecule has 1 fully saturated rings. The van der Waals surface area contributed by atoms with E-state index in [1.165, 1.54) is 24.3 Å². The van der Waals surface area contributed by atoms with Gasteiger partial charge in [-0.2, -0.15) is 4.31 Å². The Morgan fingerprint density at radius 2 is 1.69 bits per heavy atom. The Labute approximate surface area is 200 Å². The zero-order chi connectivity index (χ0) is 25.8. The smallest absolute Gasteiger partial charge is 0.309 e. The first-order valence-electron chi connectivity index (χ1n) is 10.2. The Bertz CT molecular complexity index is 1320. The molecule has 0 unspecified atom stereocenters. The van der Waals surface area contributed by atoms with Crippen LogP contribution < -0.4 is 15.8 Å². The lowest BCUT2D eigenvalue weighted by molar-refractivity contribution is -0.139. The molecule has 35 heavy (non-hydrogen) atoms. The van der Waals surface area contributed by atoms with Gasteiger partial charge in [0.25, 0.3) is 0 Å². The van der Waals surface area contributed by atoms with Gasteiger partial charge in [-0.25, -0.2) is 30.8 Å². The van der Waals surface area contributed by atoms with Crippen molar-refractivity contribution in [3.8, 4) is 0 Å². The number of rotatable bonds is 8. The summed E-state index contributed by atoms with van der Waals surface area (Å²) in [5, 5.41) is 9.64. The molecule has 1 saturated heterocycles. The van der Waals surface area contributed by atoms with Crippen LogP contribution in [0.5, 0.6) is 0 Å². The van der Waals surface area contributed by atoms with Crippen LogP contribution in [-0.4, -0.2) is 65.4 Å². The lowest BCUT2D eigenvalue weighted by Crippen LogP contribution is -2.47. The fourth-order valence-corrected chi connectivity index (χ4v) is 5.35. The van der Waals surface area contributed by atoms with E-state index in [0.29, 0.717) is 24.1 Å². The maximum Gasteiger partial charge on any atom is 0.309 e. The predicted molar refractivity (Wildman–Crippen MR) is 118 cm³/mol. The van der Waals surface area contributed by atoms with E-state index in [4.69, 9.17) is 9.88 Å². The summed E-state index contributed by atoms with van der Waals surface area (Å²) in [4.78, 5) is 23.2. The first-order chi connectivity index (χ1) is 16.4. The normalized spacial score (nSPS) is 16.7. The van der Waals surface area contributed by atoms with Crippen LogP contribution in [0.1, 0.15) is 5.56 Å². The lowest BCUT2D eigenvalue weighted by atomic mass is 10.1. The second-order valence-corrected chi connectivity index (χ2v) is 10.8. The van der Waals surface area contributed by atoms with E-state index in [2.05, 4.69) is 10.6 Å². The molecule has 0 spiro atoms. The first-order valence-corrected chi connectivity index (χ1v) is 13.1. The third-order valence-electron chi connectivity index (χ3n) is 5.02. The zero-order valence-corrected chi connectivity index (χ0v) is 19.7. The van der Waals surface area contributed by atoms with E-state index in [0.717, 1.165) is 10.4 Å². The quantitative estimate of drug-likeness (QED) is 0.383. The second kappa shape index (κ2) is 10.7. The predicted octanol–water partition coefficient (Wildman–Crippen LogP) is -0.566. The SMILES string of the molecule is NS(=O)(=O)c1ccc(CCNC(=O)C(=O)NC[C@H]2OCCN2S(=O)(=O)c2cc(F)ccc2F)cc1. The van der Waals surface area contributed by atoms with E-state index in [1.54, 1.807) is 0 Å². The van der Waals surface area contributed by atoms with Gasteiger partial charge < -0.3 is 15.4 Å². The van der Waals surface area contributed by atoms with Crippen molar-refractivity contribution >= 4 is 31.9 Å². The summed E-state index contributed by atoms with van der Waals surface area (Å²) < 4.78 is 81.5. The highest BCUT2D eigenvalue weighted by Crippen LogP contribution is 2.25. The summed E-state index contributed by atoms with van der Waals surface area (Å²) >= 11 is 0. The number of benzene rings is 2. The van der Waals surface area contributed by atoms with Crippen LogP contribution in [0.3, 0.4) is 0 Å². The molecule has 1 atom stereocenters. The van der Waals surface area contributed by atoms with Crippen molar-refractivity contribution in [3.05, 3.63) is 59.7 Å². The van der Waals surface area contributed by atoms with Gasteiger partial charge in [0.15, 0.2) is 0 Å². The van der Waals surface area contributed by atoms with E-state index in [-0.39, 0.29) is 24.6 Å². The fourth-order valence-electron chi connectivity index (χ4n) is 3.25. The molecular formula is C20H22F2N4O7S2. The van der Waals surface area contributed by atoms with Gasteiger partial charge in [0.2, 0.25) is 20.0 Å². The number of nitrogens with one attached hydrogen (secondary N) is 2. The van der Waals surface area contributed by atoms with Crippen LogP contribution in [0.2, 0.25) is 0 Å². The maximum absolute atomic E-state index is 14.0. The molecule has 0 aliphatic carbocycles. The molecule has 0 radical (unpaired) electrons.